The van der Waals surface area contributed by atoms with Gasteiger partial charge in [0.05, 0.1) is 23.2 Å². The highest BCUT2D eigenvalue weighted by Gasteiger charge is 2.31. The van der Waals surface area contributed by atoms with Gasteiger partial charge in [0, 0.05) is 11.1 Å². The molecule has 2 aromatic rings. The Morgan fingerprint density at radius 2 is 2.12 bits per heavy atom. The molecule has 1 aliphatic heterocycles. The van der Waals surface area contributed by atoms with Gasteiger partial charge in [-0.3, -0.25) is 4.79 Å². The number of sulfone groups is 1. The molecule has 1 saturated heterocycles. The van der Waals surface area contributed by atoms with E-state index in [0.29, 0.717) is 28.7 Å². The maximum atomic E-state index is 12.1. The van der Waals surface area contributed by atoms with Gasteiger partial charge in [-0.1, -0.05) is 11.6 Å². The molecule has 2 heterocycles. The maximum absolute atomic E-state index is 12.1. The van der Waals surface area contributed by atoms with Crippen molar-refractivity contribution in [3.05, 3.63) is 41.0 Å². The molecule has 0 spiro atoms. The fourth-order valence-electron chi connectivity index (χ4n) is 2.72. The number of anilines is 1. The molecule has 134 valence electrons. The van der Waals surface area contributed by atoms with Crippen LogP contribution in [0.5, 0.6) is 5.75 Å². The lowest BCUT2D eigenvalue weighted by Gasteiger charge is -2.14. The summed E-state index contributed by atoms with van der Waals surface area (Å²) in [6.45, 7) is 1.62. The smallest absolute Gasteiger partial charge is 0.263 e. The number of hydrogen-bond donors (Lipinski definition) is 1. The van der Waals surface area contributed by atoms with Crippen LogP contribution in [0.3, 0.4) is 0 Å². The lowest BCUT2D eigenvalue weighted by molar-refractivity contribution is -0.118. The Morgan fingerprint density at radius 3 is 2.76 bits per heavy atom. The number of benzene rings is 1. The Hall–Kier alpha value is -2.06. The zero-order valence-electron chi connectivity index (χ0n) is 13.6. The number of carbonyl (C=O) groups excluding carboxylic acids is 1. The molecule has 1 fully saturated rings. The number of aryl methyl sites for hydroxylation is 1. The van der Waals surface area contributed by atoms with Crippen LogP contribution in [0.2, 0.25) is 5.02 Å². The predicted octanol–water partition coefficient (Wildman–Crippen LogP) is 2.22. The molecule has 1 aromatic carbocycles. The Labute approximate surface area is 150 Å². The molecule has 3 rings (SSSR count). The summed E-state index contributed by atoms with van der Waals surface area (Å²) in [5.74, 6) is 0.842. The zero-order chi connectivity index (χ0) is 18.0. The molecule has 0 aliphatic carbocycles. The van der Waals surface area contributed by atoms with Crippen molar-refractivity contribution in [2.75, 3.05) is 23.4 Å². The molecule has 9 heteroatoms. The van der Waals surface area contributed by atoms with E-state index in [9.17, 15) is 13.2 Å². The topological polar surface area (TPSA) is 90.3 Å². The van der Waals surface area contributed by atoms with E-state index in [1.54, 1.807) is 41.9 Å². The van der Waals surface area contributed by atoms with Gasteiger partial charge in [0.1, 0.15) is 11.6 Å². The van der Waals surface area contributed by atoms with Gasteiger partial charge >= 0.3 is 0 Å². The number of halogens is 1. The number of carbonyl (C=O) groups is 1. The van der Waals surface area contributed by atoms with Crippen molar-refractivity contribution in [3.8, 4) is 5.75 Å². The third kappa shape index (κ3) is 4.52. The van der Waals surface area contributed by atoms with E-state index in [1.807, 2.05) is 0 Å². The normalized spacial score (nSPS) is 18.9. The van der Waals surface area contributed by atoms with Gasteiger partial charge in [0.2, 0.25) is 0 Å². The molecule has 0 saturated carbocycles. The Morgan fingerprint density at radius 1 is 1.40 bits per heavy atom. The lowest BCUT2D eigenvalue weighted by atomic mass is 10.3. The molecule has 7 nitrogen and oxygen atoms in total. The second kappa shape index (κ2) is 7.05. The van der Waals surface area contributed by atoms with Crippen LogP contribution in [-0.4, -0.2) is 42.2 Å². The third-order valence-corrected chi connectivity index (χ3v) is 5.87. The number of aromatic nitrogens is 2. The number of hydrogen-bond acceptors (Lipinski definition) is 5. The van der Waals surface area contributed by atoms with E-state index in [-0.39, 0.29) is 30.1 Å². The highest BCUT2D eigenvalue weighted by molar-refractivity contribution is 7.91. The highest BCUT2D eigenvalue weighted by atomic mass is 35.5. The number of nitrogens with one attached hydrogen (secondary N) is 1. The van der Waals surface area contributed by atoms with Gasteiger partial charge in [-0.25, -0.2) is 13.1 Å². The van der Waals surface area contributed by atoms with E-state index >= 15 is 0 Å². The maximum Gasteiger partial charge on any atom is 0.263 e. The van der Waals surface area contributed by atoms with Gasteiger partial charge in [-0.05, 0) is 37.6 Å². The first kappa shape index (κ1) is 17.8. The van der Waals surface area contributed by atoms with Crippen LogP contribution in [0.25, 0.3) is 0 Å². The summed E-state index contributed by atoms with van der Waals surface area (Å²) in [7, 11) is -3.04. The van der Waals surface area contributed by atoms with Crippen LogP contribution in [-0.2, 0) is 14.6 Å². The van der Waals surface area contributed by atoms with Crippen molar-refractivity contribution < 1.29 is 17.9 Å². The number of rotatable bonds is 5. The predicted molar refractivity (Wildman–Crippen MR) is 94.8 cm³/mol. The SMILES string of the molecule is Cc1cc(NC(=O)COc2ccc(Cl)cc2)n(C2CCS(=O)(=O)C2)n1. The third-order valence-electron chi connectivity index (χ3n) is 3.86. The van der Waals surface area contributed by atoms with Gasteiger partial charge < -0.3 is 10.1 Å². The average Bonchev–Trinajstić information content (AvgIpc) is 3.08. The minimum Gasteiger partial charge on any atom is -0.484 e. The summed E-state index contributed by atoms with van der Waals surface area (Å²) >= 11 is 5.80. The van der Waals surface area contributed by atoms with Crippen molar-refractivity contribution in [1.29, 1.82) is 0 Å². The largest absolute Gasteiger partial charge is 0.484 e. The van der Waals surface area contributed by atoms with Gasteiger partial charge in [-0.15, -0.1) is 0 Å². The molecule has 1 N–H and O–H groups in total. The van der Waals surface area contributed by atoms with Crippen molar-refractivity contribution >= 4 is 33.2 Å². The molecular weight excluding hydrogens is 366 g/mol. The standard InChI is InChI=1S/C16H18ClN3O4S/c1-11-8-15(20(19-11)13-6-7-25(22,23)10-13)18-16(21)9-24-14-4-2-12(17)3-5-14/h2-5,8,13H,6-7,9-10H2,1H3,(H,18,21). The average molecular weight is 384 g/mol. The van der Waals surface area contributed by atoms with Crippen molar-refractivity contribution in [3.63, 3.8) is 0 Å². The summed E-state index contributed by atoms with van der Waals surface area (Å²) < 4.78 is 30.3. The molecular formula is C16H18ClN3O4S. The van der Waals surface area contributed by atoms with Crippen LogP contribution >= 0.6 is 11.6 Å². The van der Waals surface area contributed by atoms with E-state index in [0.717, 1.165) is 0 Å². The van der Waals surface area contributed by atoms with Gasteiger partial charge in [-0.2, -0.15) is 5.10 Å². The fraction of sp³-hybridized carbons (Fsp3) is 0.375. The Kier molecular flexibility index (Phi) is 5.01. The first-order valence-corrected chi connectivity index (χ1v) is 9.97. The Bertz CT molecular complexity index is 877. The van der Waals surface area contributed by atoms with Gasteiger partial charge in [0.15, 0.2) is 16.4 Å². The zero-order valence-corrected chi connectivity index (χ0v) is 15.2. The second-order valence-electron chi connectivity index (χ2n) is 5.96. The number of nitrogens with zero attached hydrogens (tertiary/aromatic N) is 2. The molecule has 1 aromatic heterocycles. The summed E-state index contributed by atoms with van der Waals surface area (Å²) in [6, 6.07) is 8.15. The second-order valence-corrected chi connectivity index (χ2v) is 8.63. The summed E-state index contributed by atoms with van der Waals surface area (Å²) in [6.07, 6.45) is 0.494. The molecule has 0 bridgehead atoms. The van der Waals surface area contributed by atoms with Crippen molar-refractivity contribution in [1.82, 2.24) is 9.78 Å². The fourth-order valence-corrected chi connectivity index (χ4v) is 4.53. The van der Waals surface area contributed by atoms with Crippen LogP contribution in [0, 0.1) is 6.92 Å². The quantitative estimate of drug-likeness (QED) is 0.854. The van der Waals surface area contributed by atoms with E-state index < -0.39 is 9.84 Å². The van der Waals surface area contributed by atoms with E-state index in [2.05, 4.69) is 10.4 Å². The van der Waals surface area contributed by atoms with Crippen LogP contribution in [0.15, 0.2) is 30.3 Å². The lowest BCUT2D eigenvalue weighted by Crippen LogP contribution is -2.23. The molecule has 1 atom stereocenters. The number of ether oxygens (including phenoxy) is 1. The number of amides is 1. The minimum atomic E-state index is -3.04. The first-order valence-electron chi connectivity index (χ1n) is 7.77. The van der Waals surface area contributed by atoms with Crippen LogP contribution < -0.4 is 10.1 Å². The minimum absolute atomic E-state index is 0.0399. The summed E-state index contributed by atoms with van der Waals surface area (Å²) in [5.41, 5.74) is 0.707. The van der Waals surface area contributed by atoms with Crippen molar-refractivity contribution in [2.45, 2.75) is 19.4 Å². The van der Waals surface area contributed by atoms with Crippen LogP contribution in [0.1, 0.15) is 18.2 Å². The molecule has 1 unspecified atom stereocenters. The Balaban J connectivity index is 1.64. The summed E-state index contributed by atoms with van der Waals surface area (Å²) in [4.78, 5) is 12.1. The first-order chi connectivity index (χ1) is 11.8. The van der Waals surface area contributed by atoms with Gasteiger partial charge in [0.25, 0.3) is 5.91 Å². The molecule has 1 aliphatic rings. The summed E-state index contributed by atoms with van der Waals surface area (Å²) in [5, 5.41) is 7.64. The van der Waals surface area contributed by atoms with Crippen LogP contribution in [0.4, 0.5) is 5.82 Å². The molecule has 25 heavy (non-hydrogen) atoms. The van der Waals surface area contributed by atoms with E-state index in [4.69, 9.17) is 16.3 Å². The highest BCUT2D eigenvalue weighted by Crippen LogP contribution is 2.27. The van der Waals surface area contributed by atoms with E-state index in [1.165, 1.54) is 0 Å². The molecule has 1 amide bonds. The monoisotopic (exact) mass is 383 g/mol. The van der Waals surface area contributed by atoms with Crippen molar-refractivity contribution in [2.24, 2.45) is 0 Å². The molecule has 0 radical (unpaired) electrons.